The number of benzene rings is 1. The molecule has 4 heteroatoms. The van der Waals surface area contributed by atoms with Crippen LogP contribution in [0.4, 0.5) is 4.79 Å². The minimum atomic E-state index is -0.555. The van der Waals surface area contributed by atoms with Crippen molar-refractivity contribution in [3.05, 3.63) is 35.9 Å². The van der Waals surface area contributed by atoms with E-state index in [-0.39, 0.29) is 12.5 Å². The highest BCUT2D eigenvalue weighted by molar-refractivity contribution is 5.91. The Balaban J connectivity index is 2.62. The maximum absolute atomic E-state index is 11.7. The number of carbonyl (C=O) groups is 2. The Morgan fingerprint density at radius 2 is 1.83 bits per heavy atom. The van der Waals surface area contributed by atoms with Crippen LogP contribution < -0.4 is 0 Å². The van der Waals surface area contributed by atoms with E-state index in [0.29, 0.717) is 19.4 Å². The van der Waals surface area contributed by atoms with E-state index in [0.717, 1.165) is 5.56 Å². The lowest BCUT2D eigenvalue weighted by Crippen LogP contribution is -2.38. The first-order valence-corrected chi connectivity index (χ1v) is 6.20. The molecule has 98 valence electrons. The average molecular weight is 249 g/mol. The van der Waals surface area contributed by atoms with Crippen molar-refractivity contribution in [2.75, 3.05) is 13.2 Å². The van der Waals surface area contributed by atoms with Crippen LogP contribution in [0.5, 0.6) is 0 Å². The molecule has 0 radical (unpaired) electrons. The van der Waals surface area contributed by atoms with E-state index in [9.17, 15) is 9.59 Å². The van der Waals surface area contributed by atoms with Crippen molar-refractivity contribution in [3.63, 3.8) is 0 Å². The van der Waals surface area contributed by atoms with Crippen LogP contribution in [0.3, 0.4) is 0 Å². The molecule has 2 amide bonds. The standard InChI is InChI=1S/C14H19NO3/c1-3-13(16)15(14(17)18-4-2)11-10-12-8-6-5-7-9-12/h5-9H,3-4,10-11H2,1-2H3. The zero-order chi connectivity index (χ0) is 13.4. The molecule has 0 fully saturated rings. The van der Waals surface area contributed by atoms with E-state index in [1.54, 1.807) is 13.8 Å². The van der Waals surface area contributed by atoms with Gasteiger partial charge in [-0.2, -0.15) is 0 Å². The zero-order valence-electron chi connectivity index (χ0n) is 10.9. The van der Waals surface area contributed by atoms with Gasteiger partial charge in [-0.3, -0.25) is 4.79 Å². The summed E-state index contributed by atoms with van der Waals surface area (Å²) in [7, 11) is 0. The first-order valence-electron chi connectivity index (χ1n) is 6.20. The molecule has 0 unspecified atom stereocenters. The summed E-state index contributed by atoms with van der Waals surface area (Å²) in [5.74, 6) is -0.204. The second-order valence-electron chi connectivity index (χ2n) is 3.83. The molecule has 0 saturated carbocycles. The first-order chi connectivity index (χ1) is 8.69. The summed E-state index contributed by atoms with van der Waals surface area (Å²) in [5, 5.41) is 0. The van der Waals surface area contributed by atoms with Crippen LogP contribution >= 0.6 is 0 Å². The highest BCUT2D eigenvalue weighted by atomic mass is 16.6. The third-order valence-corrected chi connectivity index (χ3v) is 2.56. The van der Waals surface area contributed by atoms with Crippen LogP contribution in [-0.2, 0) is 16.0 Å². The van der Waals surface area contributed by atoms with Crippen molar-refractivity contribution in [2.24, 2.45) is 0 Å². The van der Waals surface area contributed by atoms with Gasteiger partial charge >= 0.3 is 6.09 Å². The minimum Gasteiger partial charge on any atom is -0.449 e. The summed E-state index contributed by atoms with van der Waals surface area (Å²) in [4.78, 5) is 24.5. The Morgan fingerprint density at radius 3 is 2.39 bits per heavy atom. The number of carbonyl (C=O) groups excluding carboxylic acids is 2. The molecule has 0 aliphatic rings. The van der Waals surface area contributed by atoms with E-state index in [2.05, 4.69) is 0 Å². The second-order valence-corrected chi connectivity index (χ2v) is 3.83. The zero-order valence-corrected chi connectivity index (χ0v) is 10.9. The molecule has 1 aromatic carbocycles. The largest absolute Gasteiger partial charge is 0.449 e. The van der Waals surface area contributed by atoms with E-state index in [1.165, 1.54) is 4.90 Å². The van der Waals surface area contributed by atoms with E-state index < -0.39 is 6.09 Å². The van der Waals surface area contributed by atoms with Crippen LogP contribution in [0.25, 0.3) is 0 Å². The molecule has 4 nitrogen and oxygen atoms in total. The Kier molecular flexibility index (Phi) is 5.91. The van der Waals surface area contributed by atoms with Gasteiger partial charge in [0.25, 0.3) is 0 Å². The van der Waals surface area contributed by atoms with Crippen molar-refractivity contribution in [3.8, 4) is 0 Å². The lowest BCUT2D eigenvalue weighted by molar-refractivity contribution is -0.129. The van der Waals surface area contributed by atoms with Crippen molar-refractivity contribution < 1.29 is 14.3 Å². The van der Waals surface area contributed by atoms with Gasteiger partial charge in [-0.1, -0.05) is 37.3 Å². The fourth-order valence-corrected chi connectivity index (χ4v) is 1.60. The molecule has 0 saturated heterocycles. The summed E-state index contributed by atoms with van der Waals surface area (Å²) in [6.45, 7) is 4.09. The van der Waals surface area contributed by atoms with E-state index >= 15 is 0 Å². The van der Waals surface area contributed by atoms with Crippen LogP contribution in [0.2, 0.25) is 0 Å². The highest BCUT2D eigenvalue weighted by Gasteiger charge is 2.20. The Hall–Kier alpha value is -1.84. The smallest absolute Gasteiger partial charge is 0.416 e. The van der Waals surface area contributed by atoms with Gasteiger partial charge < -0.3 is 4.74 Å². The quantitative estimate of drug-likeness (QED) is 0.806. The van der Waals surface area contributed by atoms with Gasteiger partial charge in [0.1, 0.15) is 0 Å². The van der Waals surface area contributed by atoms with Crippen molar-refractivity contribution in [1.29, 1.82) is 0 Å². The summed E-state index contributed by atoms with van der Waals surface area (Å²) in [6, 6.07) is 9.75. The number of nitrogens with zero attached hydrogens (tertiary/aromatic N) is 1. The Bertz CT molecular complexity index is 389. The van der Waals surface area contributed by atoms with Gasteiger partial charge in [0, 0.05) is 13.0 Å². The van der Waals surface area contributed by atoms with Gasteiger partial charge in [-0.15, -0.1) is 0 Å². The Morgan fingerprint density at radius 1 is 1.17 bits per heavy atom. The third-order valence-electron chi connectivity index (χ3n) is 2.56. The molecule has 0 atom stereocenters. The molecule has 1 aromatic rings. The highest BCUT2D eigenvalue weighted by Crippen LogP contribution is 2.04. The maximum Gasteiger partial charge on any atom is 0.416 e. The molecule has 0 bridgehead atoms. The molecule has 1 rings (SSSR count). The Labute approximate surface area is 108 Å². The van der Waals surface area contributed by atoms with Crippen LogP contribution in [0.1, 0.15) is 25.8 Å². The lowest BCUT2D eigenvalue weighted by Gasteiger charge is -2.19. The average Bonchev–Trinajstić information content (AvgIpc) is 2.40. The molecule has 0 aliphatic carbocycles. The second kappa shape index (κ2) is 7.48. The van der Waals surface area contributed by atoms with Gasteiger partial charge in [0.05, 0.1) is 6.61 Å². The van der Waals surface area contributed by atoms with Crippen LogP contribution in [0.15, 0.2) is 30.3 Å². The topological polar surface area (TPSA) is 46.6 Å². The number of hydrogen-bond acceptors (Lipinski definition) is 3. The van der Waals surface area contributed by atoms with Gasteiger partial charge in [-0.25, -0.2) is 9.69 Å². The SMILES string of the molecule is CCOC(=O)N(CCc1ccccc1)C(=O)CC. The van der Waals surface area contributed by atoms with E-state index in [4.69, 9.17) is 4.74 Å². The van der Waals surface area contributed by atoms with Crippen LogP contribution in [-0.4, -0.2) is 30.1 Å². The number of hydrogen-bond donors (Lipinski definition) is 0. The third kappa shape index (κ3) is 4.20. The van der Waals surface area contributed by atoms with Crippen molar-refractivity contribution in [1.82, 2.24) is 4.90 Å². The van der Waals surface area contributed by atoms with Crippen molar-refractivity contribution >= 4 is 12.0 Å². The summed E-state index contributed by atoms with van der Waals surface area (Å²) in [5.41, 5.74) is 1.09. The minimum absolute atomic E-state index is 0.204. The molecular formula is C14H19NO3. The summed E-state index contributed by atoms with van der Waals surface area (Å²) < 4.78 is 4.88. The number of rotatable bonds is 5. The summed E-state index contributed by atoms with van der Waals surface area (Å²) in [6.07, 6.45) is 0.388. The number of ether oxygens (including phenoxy) is 1. The van der Waals surface area contributed by atoms with Gasteiger partial charge in [0.2, 0.25) is 5.91 Å². The molecule has 0 aliphatic heterocycles. The fourth-order valence-electron chi connectivity index (χ4n) is 1.60. The van der Waals surface area contributed by atoms with Gasteiger partial charge in [-0.05, 0) is 18.9 Å². The predicted molar refractivity (Wildman–Crippen MR) is 69.2 cm³/mol. The number of imide groups is 1. The molecular weight excluding hydrogens is 230 g/mol. The normalized spacial score (nSPS) is 9.89. The maximum atomic E-state index is 11.7. The van der Waals surface area contributed by atoms with Crippen molar-refractivity contribution in [2.45, 2.75) is 26.7 Å². The van der Waals surface area contributed by atoms with E-state index in [1.807, 2.05) is 30.3 Å². The lowest BCUT2D eigenvalue weighted by atomic mass is 10.1. The number of amides is 2. The first kappa shape index (κ1) is 14.2. The summed E-state index contributed by atoms with van der Waals surface area (Å²) >= 11 is 0. The molecule has 0 heterocycles. The monoisotopic (exact) mass is 249 g/mol. The van der Waals surface area contributed by atoms with Crippen LogP contribution in [0, 0.1) is 0 Å². The fraction of sp³-hybridized carbons (Fsp3) is 0.429. The van der Waals surface area contributed by atoms with Gasteiger partial charge in [0.15, 0.2) is 0 Å². The molecule has 0 N–H and O–H groups in total. The molecule has 0 aromatic heterocycles. The predicted octanol–water partition coefficient (Wildman–Crippen LogP) is 2.62. The molecule has 0 spiro atoms. The molecule has 18 heavy (non-hydrogen) atoms.